The topological polar surface area (TPSA) is 53.3 Å². The van der Waals surface area contributed by atoms with Crippen molar-refractivity contribution in [3.8, 4) is 0 Å². The molecular formula is C14H24N4O. The fourth-order valence-corrected chi connectivity index (χ4v) is 3.09. The van der Waals surface area contributed by atoms with Crippen LogP contribution in [0.25, 0.3) is 0 Å². The molecule has 0 radical (unpaired) electrons. The average Bonchev–Trinajstić information content (AvgIpc) is 2.88. The molecule has 0 aromatic carbocycles. The number of nitrogens with one attached hydrogen (secondary N) is 2. The lowest BCUT2D eigenvalue weighted by Crippen LogP contribution is -2.48. The molecule has 0 saturated carbocycles. The Morgan fingerprint density at radius 1 is 1.37 bits per heavy atom. The van der Waals surface area contributed by atoms with Gasteiger partial charge in [-0.15, -0.1) is 0 Å². The van der Waals surface area contributed by atoms with Crippen molar-refractivity contribution < 1.29 is 4.52 Å². The Morgan fingerprint density at radius 2 is 2.21 bits per heavy atom. The summed E-state index contributed by atoms with van der Waals surface area (Å²) >= 11 is 0. The van der Waals surface area contributed by atoms with Crippen molar-refractivity contribution in [2.75, 3.05) is 32.7 Å². The largest absolute Gasteiger partial charge is 0.360 e. The van der Waals surface area contributed by atoms with Gasteiger partial charge in [0.1, 0.15) is 0 Å². The summed E-state index contributed by atoms with van der Waals surface area (Å²) < 4.78 is 5.52. The van der Waals surface area contributed by atoms with Crippen LogP contribution >= 0.6 is 0 Å². The maximum atomic E-state index is 5.52. The molecule has 0 spiro atoms. The molecule has 2 saturated heterocycles. The van der Waals surface area contributed by atoms with Crippen LogP contribution < -0.4 is 10.6 Å². The molecule has 1 atom stereocenters. The molecule has 5 heteroatoms. The second-order valence-electron chi connectivity index (χ2n) is 5.83. The fraction of sp³-hybridized carbons (Fsp3) is 0.786. The van der Waals surface area contributed by atoms with Gasteiger partial charge in [-0.05, 0) is 32.9 Å². The Morgan fingerprint density at radius 3 is 3.00 bits per heavy atom. The summed E-state index contributed by atoms with van der Waals surface area (Å²) in [6.07, 6.45) is 2.35. The molecule has 1 aromatic heterocycles. The maximum Gasteiger partial charge on any atom is 0.150 e. The van der Waals surface area contributed by atoms with E-state index in [0.29, 0.717) is 12.0 Å². The van der Waals surface area contributed by atoms with Gasteiger partial charge in [0.15, 0.2) is 5.76 Å². The van der Waals surface area contributed by atoms with Crippen molar-refractivity contribution in [2.45, 2.75) is 38.3 Å². The highest BCUT2D eigenvalue weighted by Gasteiger charge is 2.21. The van der Waals surface area contributed by atoms with Crippen LogP contribution in [-0.2, 0) is 6.54 Å². The molecular weight excluding hydrogens is 240 g/mol. The van der Waals surface area contributed by atoms with E-state index in [-0.39, 0.29) is 0 Å². The Bertz CT molecular complexity index is 400. The van der Waals surface area contributed by atoms with Crippen molar-refractivity contribution in [3.63, 3.8) is 0 Å². The fourth-order valence-electron chi connectivity index (χ4n) is 3.09. The van der Waals surface area contributed by atoms with Crippen molar-refractivity contribution in [3.05, 3.63) is 17.5 Å². The number of hydrogen-bond donors (Lipinski definition) is 2. The van der Waals surface area contributed by atoms with E-state index in [1.807, 2.05) is 0 Å². The van der Waals surface area contributed by atoms with Crippen molar-refractivity contribution in [1.82, 2.24) is 20.7 Å². The van der Waals surface area contributed by atoms with Gasteiger partial charge in [0.25, 0.3) is 0 Å². The van der Waals surface area contributed by atoms with E-state index in [2.05, 4.69) is 33.7 Å². The summed E-state index contributed by atoms with van der Waals surface area (Å²) in [5, 5.41) is 11.1. The molecule has 0 amide bonds. The summed E-state index contributed by atoms with van der Waals surface area (Å²) in [6.45, 7) is 8.56. The summed E-state index contributed by atoms with van der Waals surface area (Å²) in [4.78, 5) is 2.44. The molecule has 1 aromatic rings. The van der Waals surface area contributed by atoms with Crippen LogP contribution in [0.3, 0.4) is 0 Å². The highest BCUT2D eigenvalue weighted by molar-refractivity contribution is 5.11. The first-order chi connectivity index (χ1) is 9.31. The van der Waals surface area contributed by atoms with Crippen LogP contribution in [0.2, 0.25) is 0 Å². The van der Waals surface area contributed by atoms with Crippen LogP contribution in [0.15, 0.2) is 10.6 Å². The Hall–Kier alpha value is -0.910. The van der Waals surface area contributed by atoms with Crippen LogP contribution in [0.1, 0.15) is 37.1 Å². The molecule has 3 heterocycles. The lowest BCUT2D eigenvalue weighted by Gasteiger charge is -2.30. The predicted molar refractivity (Wildman–Crippen MR) is 74.1 cm³/mol. The van der Waals surface area contributed by atoms with E-state index in [4.69, 9.17) is 4.52 Å². The highest BCUT2D eigenvalue weighted by Crippen LogP contribution is 2.25. The number of aromatic nitrogens is 1. The number of nitrogens with zero attached hydrogens (tertiary/aromatic N) is 2. The number of rotatable bonds is 3. The second-order valence-corrected chi connectivity index (χ2v) is 5.83. The van der Waals surface area contributed by atoms with E-state index in [1.54, 1.807) is 0 Å². The molecule has 0 bridgehead atoms. The van der Waals surface area contributed by atoms with E-state index in [1.165, 1.54) is 12.8 Å². The molecule has 19 heavy (non-hydrogen) atoms. The summed E-state index contributed by atoms with van der Waals surface area (Å²) in [7, 11) is 0. The molecule has 2 N–H and O–H groups in total. The van der Waals surface area contributed by atoms with E-state index >= 15 is 0 Å². The number of piperazine rings is 1. The highest BCUT2D eigenvalue weighted by atomic mass is 16.5. The Balaban J connectivity index is 1.58. The third-order valence-corrected chi connectivity index (χ3v) is 4.17. The molecule has 0 aliphatic carbocycles. The number of piperidine rings is 1. The lowest BCUT2D eigenvalue weighted by atomic mass is 9.94. The van der Waals surface area contributed by atoms with Crippen molar-refractivity contribution >= 4 is 0 Å². The van der Waals surface area contributed by atoms with Gasteiger partial charge in [-0.2, -0.15) is 0 Å². The van der Waals surface area contributed by atoms with Crippen LogP contribution in [0, 0.1) is 0 Å². The minimum atomic E-state index is 0.570. The van der Waals surface area contributed by atoms with Crippen molar-refractivity contribution in [1.29, 1.82) is 0 Å². The number of hydrogen-bond acceptors (Lipinski definition) is 5. The molecule has 1 unspecified atom stereocenters. The minimum Gasteiger partial charge on any atom is -0.360 e. The van der Waals surface area contributed by atoms with E-state index < -0.39 is 0 Å². The van der Waals surface area contributed by atoms with E-state index in [0.717, 1.165) is 50.7 Å². The Labute approximate surface area is 114 Å². The average molecular weight is 264 g/mol. The van der Waals surface area contributed by atoms with Crippen LogP contribution in [-0.4, -0.2) is 48.8 Å². The zero-order valence-electron chi connectivity index (χ0n) is 11.7. The minimum absolute atomic E-state index is 0.570. The standard InChI is InChI=1S/C14H24N4O/c1-11-9-18(7-6-16-11)10-13-8-14(17-19-13)12-2-4-15-5-3-12/h8,11-12,15-16H,2-7,9-10H2,1H3. The van der Waals surface area contributed by atoms with Gasteiger partial charge in [-0.25, -0.2) is 0 Å². The molecule has 106 valence electrons. The van der Waals surface area contributed by atoms with E-state index in [9.17, 15) is 0 Å². The first-order valence-electron chi connectivity index (χ1n) is 7.43. The molecule has 2 aliphatic heterocycles. The SMILES string of the molecule is CC1CN(Cc2cc(C3CCNCC3)no2)CCN1. The zero-order chi connectivity index (χ0) is 13.1. The van der Waals surface area contributed by atoms with Crippen LogP contribution in [0.5, 0.6) is 0 Å². The van der Waals surface area contributed by atoms with Gasteiger partial charge >= 0.3 is 0 Å². The third-order valence-electron chi connectivity index (χ3n) is 4.17. The second kappa shape index (κ2) is 6.03. The van der Waals surface area contributed by atoms with Gasteiger partial charge in [0.2, 0.25) is 0 Å². The van der Waals surface area contributed by atoms with Crippen LogP contribution in [0.4, 0.5) is 0 Å². The summed E-state index contributed by atoms with van der Waals surface area (Å²) in [6, 6.07) is 2.74. The Kier molecular flexibility index (Phi) is 4.15. The lowest BCUT2D eigenvalue weighted by molar-refractivity contribution is 0.180. The molecule has 5 nitrogen and oxygen atoms in total. The monoisotopic (exact) mass is 264 g/mol. The van der Waals surface area contributed by atoms with Gasteiger partial charge < -0.3 is 15.2 Å². The van der Waals surface area contributed by atoms with Crippen molar-refractivity contribution in [2.24, 2.45) is 0 Å². The van der Waals surface area contributed by atoms with Gasteiger partial charge in [-0.3, -0.25) is 4.90 Å². The first-order valence-corrected chi connectivity index (χ1v) is 7.43. The van der Waals surface area contributed by atoms with Gasteiger partial charge in [0.05, 0.1) is 12.2 Å². The third kappa shape index (κ3) is 3.35. The predicted octanol–water partition coefficient (Wildman–Crippen LogP) is 0.935. The molecule has 2 aliphatic rings. The zero-order valence-corrected chi connectivity index (χ0v) is 11.7. The van der Waals surface area contributed by atoms with Gasteiger partial charge in [0, 0.05) is 37.7 Å². The molecule has 3 rings (SSSR count). The first kappa shape index (κ1) is 13.1. The normalized spacial score (nSPS) is 26.7. The summed E-state index contributed by atoms with van der Waals surface area (Å²) in [5.41, 5.74) is 1.15. The van der Waals surface area contributed by atoms with Gasteiger partial charge in [-0.1, -0.05) is 5.16 Å². The molecule has 2 fully saturated rings. The maximum absolute atomic E-state index is 5.52. The summed E-state index contributed by atoms with van der Waals surface area (Å²) in [5.74, 6) is 1.60. The smallest absolute Gasteiger partial charge is 0.150 e. The quantitative estimate of drug-likeness (QED) is 0.851.